The Balaban J connectivity index is 1.42. The monoisotopic (exact) mass is 323 g/mol. The molecule has 3 heteroatoms. The highest BCUT2D eigenvalue weighted by Gasteiger charge is 2.23. The van der Waals surface area contributed by atoms with Crippen LogP contribution in [0.1, 0.15) is 30.4 Å². The lowest BCUT2D eigenvalue weighted by atomic mass is 9.90. The van der Waals surface area contributed by atoms with Crippen LogP contribution in [0.4, 0.5) is 0 Å². The first-order valence-corrected chi connectivity index (χ1v) is 8.98. The van der Waals surface area contributed by atoms with Gasteiger partial charge < -0.3 is 4.90 Å². The number of hydrogen-bond donors (Lipinski definition) is 0. The number of benzene rings is 1. The van der Waals surface area contributed by atoms with E-state index in [1.165, 1.54) is 11.1 Å². The summed E-state index contributed by atoms with van der Waals surface area (Å²) >= 11 is 0. The maximum absolute atomic E-state index is 12.4. The molecule has 3 nitrogen and oxygen atoms in total. The maximum Gasteiger partial charge on any atom is 0.228 e. The summed E-state index contributed by atoms with van der Waals surface area (Å²) in [5.74, 6) is 1.00. The van der Waals surface area contributed by atoms with Gasteiger partial charge in [0.15, 0.2) is 18.9 Å². The lowest BCUT2D eigenvalue weighted by molar-refractivity contribution is -0.696. The average Bonchev–Trinajstić information content (AvgIpc) is 2.62. The minimum atomic E-state index is 0.293. The molecule has 0 saturated carbocycles. The fourth-order valence-corrected chi connectivity index (χ4v) is 3.40. The second-order valence-corrected chi connectivity index (χ2v) is 6.88. The first-order chi connectivity index (χ1) is 11.7. The molecular formula is C21H27N2O+. The molecule has 0 bridgehead atoms. The van der Waals surface area contributed by atoms with Crippen molar-refractivity contribution in [1.82, 2.24) is 4.90 Å². The third kappa shape index (κ3) is 4.67. The number of aryl methyl sites for hydroxylation is 2. The molecule has 1 aliphatic heterocycles. The topological polar surface area (TPSA) is 24.2 Å². The van der Waals surface area contributed by atoms with Crippen molar-refractivity contribution in [3.05, 3.63) is 66.0 Å². The van der Waals surface area contributed by atoms with Gasteiger partial charge in [0.25, 0.3) is 0 Å². The molecule has 1 fully saturated rings. The van der Waals surface area contributed by atoms with Crippen LogP contribution in [0.25, 0.3) is 0 Å². The van der Waals surface area contributed by atoms with E-state index < -0.39 is 0 Å². The lowest BCUT2D eigenvalue weighted by Gasteiger charge is -2.32. The lowest BCUT2D eigenvalue weighted by Crippen LogP contribution is -2.42. The largest absolute Gasteiger partial charge is 0.342 e. The fraction of sp³-hybridized carbons (Fsp3) is 0.429. The number of carbonyl (C=O) groups is 1. The van der Waals surface area contributed by atoms with Crippen molar-refractivity contribution in [2.24, 2.45) is 5.92 Å². The molecule has 0 aliphatic carbocycles. The summed E-state index contributed by atoms with van der Waals surface area (Å²) in [4.78, 5) is 14.5. The third-order valence-corrected chi connectivity index (χ3v) is 4.98. The number of likely N-dealkylation sites (tertiary alicyclic amines) is 1. The van der Waals surface area contributed by atoms with E-state index in [1.54, 1.807) is 0 Å². The molecule has 24 heavy (non-hydrogen) atoms. The zero-order valence-corrected chi connectivity index (χ0v) is 14.5. The first-order valence-electron chi connectivity index (χ1n) is 8.98. The average molecular weight is 323 g/mol. The van der Waals surface area contributed by atoms with E-state index in [-0.39, 0.29) is 0 Å². The van der Waals surface area contributed by atoms with E-state index in [2.05, 4.69) is 71.2 Å². The van der Waals surface area contributed by atoms with Gasteiger partial charge in [0.2, 0.25) is 5.91 Å². The predicted octanol–water partition coefficient (Wildman–Crippen LogP) is 3.15. The molecular weight excluding hydrogens is 296 g/mol. The number of rotatable bonds is 5. The van der Waals surface area contributed by atoms with Crippen molar-refractivity contribution in [1.29, 1.82) is 0 Å². The van der Waals surface area contributed by atoms with Gasteiger partial charge in [0, 0.05) is 25.2 Å². The van der Waals surface area contributed by atoms with Crippen molar-refractivity contribution >= 4 is 5.91 Å². The minimum Gasteiger partial charge on any atom is -0.342 e. The summed E-state index contributed by atoms with van der Waals surface area (Å²) in [6.45, 7) is 4.67. The standard InChI is InChI=1S/C21H27N2O/c1-18-7-12-22(13-8-18)14-11-21(24)23-15-9-20(10-16-23)17-19-5-3-2-4-6-19/h2-8,12-13,20H,9-11,14-17H2,1H3/q+1. The Kier molecular flexibility index (Phi) is 5.63. The molecule has 0 spiro atoms. The number of nitrogens with zero attached hydrogens (tertiary/aromatic N) is 2. The highest BCUT2D eigenvalue weighted by Crippen LogP contribution is 2.22. The summed E-state index contributed by atoms with van der Waals surface area (Å²) in [6, 6.07) is 14.9. The van der Waals surface area contributed by atoms with Crippen molar-refractivity contribution in [2.45, 2.75) is 39.2 Å². The van der Waals surface area contributed by atoms with Crippen LogP contribution in [0, 0.1) is 12.8 Å². The van der Waals surface area contributed by atoms with Gasteiger partial charge in [-0.05, 0) is 43.2 Å². The van der Waals surface area contributed by atoms with Gasteiger partial charge in [-0.1, -0.05) is 30.3 Å². The molecule has 0 unspecified atom stereocenters. The van der Waals surface area contributed by atoms with Gasteiger partial charge in [-0.25, -0.2) is 4.57 Å². The normalized spacial score (nSPS) is 15.5. The van der Waals surface area contributed by atoms with Crippen LogP contribution in [-0.4, -0.2) is 23.9 Å². The molecule has 2 heterocycles. The maximum atomic E-state index is 12.4. The summed E-state index contributed by atoms with van der Waals surface area (Å²) < 4.78 is 2.09. The van der Waals surface area contributed by atoms with E-state index in [1.807, 2.05) is 0 Å². The fourth-order valence-electron chi connectivity index (χ4n) is 3.40. The smallest absolute Gasteiger partial charge is 0.228 e. The quantitative estimate of drug-likeness (QED) is 0.776. The highest BCUT2D eigenvalue weighted by atomic mass is 16.2. The molecule has 0 N–H and O–H groups in total. The molecule has 1 aromatic carbocycles. The SMILES string of the molecule is Cc1cc[n+](CCC(=O)N2CCC(Cc3ccccc3)CC2)cc1. The summed E-state index contributed by atoms with van der Waals surface area (Å²) in [7, 11) is 0. The minimum absolute atomic E-state index is 0.293. The number of piperidine rings is 1. The molecule has 1 aliphatic rings. The van der Waals surface area contributed by atoms with E-state index in [0.29, 0.717) is 18.2 Å². The summed E-state index contributed by atoms with van der Waals surface area (Å²) in [6.07, 6.45) is 8.08. The molecule has 1 saturated heterocycles. The first kappa shape index (κ1) is 16.7. The van der Waals surface area contributed by atoms with Gasteiger partial charge in [-0.2, -0.15) is 0 Å². The number of aromatic nitrogens is 1. The Morgan fingerprint density at radius 2 is 1.75 bits per heavy atom. The second-order valence-electron chi connectivity index (χ2n) is 6.88. The van der Waals surface area contributed by atoms with E-state index >= 15 is 0 Å². The second kappa shape index (κ2) is 8.09. The Bertz CT molecular complexity index is 643. The molecule has 126 valence electrons. The van der Waals surface area contributed by atoms with Gasteiger partial charge >= 0.3 is 0 Å². The Hall–Kier alpha value is -2.16. The predicted molar refractivity (Wildman–Crippen MR) is 95.4 cm³/mol. The molecule has 1 amide bonds. The summed E-state index contributed by atoms with van der Waals surface area (Å²) in [5, 5.41) is 0. The molecule has 2 aromatic rings. The van der Waals surface area contributed by atoms with Crippen molar-refractivity contribution in [3.8, 4) is 0 Å². The Morgan fingerprint density at radius 3 is 2.42 bits per heavy atom. The zero-order valence-electron chi connectivity index (χ0n) is 14.5. The zero-order chi connectivity index (χ0) is 16.8. The van der Waals surface area contributed by atoms with Crippen LogP contribution in [-0.2, 0) is 17.8 Å². The van der Waals surface area contributed by atoms with Crippen molar-refractivity contribution in [3.63, 3.8) is 0 Å². The molecule has 3 rings (SSSR count). The summed E-state index contributed by atoms with van der Waals surface area (Å²) in [5.41, 5.74) is 2.66. The Morgan fingerprint density at radius 1 is 1.08 bits per heavy atom. The van der Waals surface area contributed by atoms with Gasteiger partial charge in [-0.3, -0.25) is 4.79 Å². The van der Waals surface area contributed by atoms with Crippen LogP contribution in [0.15, 0.2) is 54.9 Å². The van der Waals surface area contributed by atoms with Crippen LogP contribution in [0.2, 0.25) is 0 Å². The van der Waals surface area contributed by atoms with Gasteiger partial charge in [0.1, 0.15) is 0 Å². The number of hydrogen-bond acceptors (Lipinski definition) is 1. The molecule has 0 atom stereocenters. The Labute approximate surface area is 144 Å². The molecule has 0 radical (unpaired) electrons. The van der Waals surface area contributed by atoms with Crippen molar-refractivity contribution in [2.75, 3.05) is 13.1 Å². The van der Waals surface area contributed by atoms with Crippen LogP contribution < -0.4 is 4.57 Å². The third-order valence-electron chi connectivity index (χ3n) is 4.98. The van der Waals surface area contributed by atoms with Gasteiger partial charge in [-0.15, -0.1) is 0 Å². The van der Waals surface area contributed by atoms with Crippen LogP contribution in [0.3, 0.4) is 0 Å². The van der Waals surface area contributed by atoms with Gasteiger partial charge in [0.05, 0.1) is 6.42 Å². The van der Waals surface area contributed by atoms with E-state index in [0.717, 1.165) is 38.9 Å². The highest BCUT2D eigenvalue weighted by molar-refractivity contribution is 5.76. The number of pyridine rings is 1. The van der Waals surface area contributed by atoms with Crippen LogP contribution >= 0.6 is 0 Å². The van der Waals surface area contributed by atoms with Crippen molar-refractivity contribution < 1.29 is 9.36 Å². The number of carbonyl (C=O) groups excluding carboxylic acids is 1. The molecule has 1 aromatic heterocycles. The van der Waals surface area contributed by atoms with E-state index in [4.69, 9.17) is 0 Å². The number of amides is 1. The van der Waals surface area contributed by atoms with Crippen LogP contribution in [0.5, 0.6) is 0 Å². The van der Waals surface area contributed by atoms with E-state index in [9.17, 15) is 4.79 Å².